The van der Waals surface area contributed by atoms with Gasteiger partial charge in [-0.25, -0.2) is 9.79 Å². The minimum Gasteiger partial charge on any atom is -0.861 e. The zero-order valence-corrected chi connectivity index (χ0v) is 12.9. The zero-order chi connectivity index (χ0) is 12.3. The van der Waals surface area contributed by atoms with Gasteiger partial charge in [0, 0.05) is 6.54 Å². The molecule has 0 fully saturated rings. The van der Waals surface area contributed by atoms with Crippen molar-refractivity contribution < 1.29 is 44.3 Å². The largest absolute Gasteiger partial charge is 1.00 e. The Kier molecular flexibility index (Phi) is 6.37. The number of carbonyl (C=O) groups is 2. The summed E-state index contributed by atoms with van der Waals surface area (Å²) in [6.07, 6.45) is 1.45. The van der Waals surface area contributed by atoms with Crippen LogP contribution in [0, 0.1) is 5.41 Å². The van der Waals surface area contributed by atoms with Crippen LogP contribution in [-0.2, 0) is 4.79 Å². The molecule has 17 heavy (non-hydrogen) atoms. The van der Waals surface area contributed by atoms with Gasteiger partial charge < -0.3 is 5.11 Å². The van der Waals surface area contributed by atoms with E-state index in [1.54, 1.807) is 13.8 Å². The second-order valence-electron chi connectivity index (χ2n) is 3.95. The van der Waals surface area contributed by atoms with Crippen LogP contribution in [0.3, 0.4) is 0 Å². The zero-order valence-electron chi connectivity index (χ0n) is 10.9. The minimum absolute atomic E-state index is 0. The Labute approximate surface area is 124 Å². The van der Waals surface area contributed by atoms with Gasteiger partial charge in [-0.15, -0.1) is 0 Å². The molecule has 1 heterocycles. The van der Waals surface area contributed by atoms with Gasteiger partial charge in [0.2, 0.25) is 5.91 Å². The molecule has 1 rings (SSSR count). The van der Waals surface area contributed by atoms with Crippen molar-refractivity contribution >= 4 is 17.8 Å². The topological polar surface area (TPSA) is 72.8 Å². The maximum Gasteiger partial charge on any atom is 1.00 e. The molecule has 0 aromatic carbocycles. The summed E-state index contributed by atoms with van der Waals surface area (Å²) in [6.45, 7) is 5.75. The fourth-order valence-corrected chi connectivity index (χ4v) is 1.97. The van der Waals surface area contributed by atoms with E-state index >= 15 is 0 Å². The summed E-state index contributed by atoms with van der Waals surface area (Å²) in [5.74, 6) is -0.968. The molecule has 0 saturated carbocycles. The Hall–Kier alpha value is -0.390. The summed E-state index contributed by atoms with van der Waals surface area (Å²) >= 11 is 0. The van der Waals surface area contributed by atoms with E-state index in [1.165, 1.54) is 0 Å². The van der Waals surface area contributed by atoms with E-state index in [4.69, 9.17) is 0 Å². The first kappa shape index (κ1) is 16.6. The Morgan fingerprint density at radius 1 is 1.24 bits per heavy atom. The Bertz CT molecular complexity index is 338. The quantitative estimate of drug-likeness (QED) is 0.536. The summed E-state index contributed by atoms with van der Waals surface area (Å²) in [4.78, 5) is 28.1. The maximum atomic E-state index is 12.1. The van der Waals surface area contributed by atoms with Crippen molar-refractivity contribution in [1.29, 1.82) is 0 Å². The van der Waals surface area contributed by atoms with E-state index in [1.807, 2.05) is 6.92 Å². The van der Waals surface area contributed by atoms with Crippen molar-refractivity contribution in [3.63, 3.8) is 0 Å². The molecule has 6 heteroatoms. The number of carbonyl (C=O) groups excluding carboxylic acids is 2. The molecule has 1 aliphatic heterocycles. The number of hydrogen-bond donors (Lipinski definition) is 0. The van der Waals surface area contributed by atoms with Crippen LogP contribution in [0.1, 0.15) is 40.0 Å². The van der Waals surface area contributed by atoms with Crippen LogP contribution in [0.2, 0.25) is 0 Å². The second-order valence-corrected chi connectivity index (χ2v) is 3.95. The number of rotatable bonds is 4. The van der Waals surface area contributed by atoms with Gasteiger partial charge in [-0.2, -0.15) is 0 Å². The van der Waals surface area contributed by atoms with Gasteiger partial charge in [0.05, 0.1) is 5.41 Å². The molecule has 0 atom stereocenters. The average Bonchev–Trinajstić information content (AvgIpc) is 2.26. The van der Waals surface area contributed by atoms with Gasteiger partial charge in [-0.1, -0.05) is 20.8 Å². The van der Waals surface area contributed by atoms with Crippen LogP contribution < -0.4 is 34.7 Å². The smallest absolute Gasteiger partial charge is 0.861 e. The molecule has 5 nitrogen and oxygen atoms in total. The predicted octanol–water partition coefficient (Wildman–Crippen LogP) is -2.07. The number of amides is 3. The molecule has 0 saturated heterocycles. The third kappa shape index (κ3) is 2.72. The summed E-state index contributed by atoms with van der Waals surface area (Å²) in [5, 5.41) is 11.7. The number of imide groups is 1. The molecular weight excluding hydrogens is 231 g/mol. The van der Waals surface area contributed by atoms with E-state index in [2.05, 4.69) is 4.99 Å². The molecule has 0 bridgehead atoms. The normalized spacial score (nSPS) is 18.8. The fourth-order valence-electron chi connectivity index (χ4n) is 1.97. The van der Waals surface area contributed by atoms with Crippen LogP contribution in [0.25, 0.3) is 0 Å². The first-order chi connectivity index (χ1) is 7.53. The van der Waals surface area contributed by atoms with Crippen molar-refractivity contribution in [3.8, 4) is 0 Å². The molecule has 0 spiro atoms. The van der Waals surface area contributed by atoms with Crippen molar-refractivity contribution in [2.24, 2.45) is 10.4 Å². The summed E-state index contributed by atoms with van der Waals surface area (Å²) in [7, 11) is 0. The second kappa shape index (κ2) is 6.52. The fraction of sp³-hybridized carbons (Fsp3) is 0.727. The first-order valence-electron chi connectivity index (χ1n) is 5.65. The third-order valence-corrected chi connectivity index (χ3v) is 3.15. The monoisotopic (exact) mass is 248 g/mol. The van der Waals surface area contributed by atoms with Crippen molar-refractivity contribution in [1.82, 2.24) is 4.90 Å². The Morgan fingerprint density at radius 2 is 1.76 bits per heavy atom. The van der Waals surface area contributed by atoms with E-state index in [0.29, 0.717) is 25.8 Å². The standard InChI is InChI=1S/C11H18N2O3.Na/c1-4-7-13-9(15)11(5-2,6-3)8(14)12-10(13)16;/h4-7H2,1-3H3,(H,12,14,16);/q;+1/p-1. The van der Waals surface area contributed by atoms with Crippen molar-refractivity contribution in [3.05, 3.63) is 0 Å². The van der Waals surface area contributed by atoms with Crippen LogP contribution in [0.4, 0.5) is 4.79 Å². The number of hydrogen-bond acceptors (Lipinski definition) is 3. The van der Waals surface area contributed by atoms with Crippen LogP contribution in [0.5, 0.6) is 0 Å². The number of aliphatic imine (C=N–C) groups is 1. The van der Waals surface area contributed by atoms with Crippen molar-refractivity contribution in [2.75, 3.05) is 6.54 Å². The molecular formula is C11H17N2NaO3. The third-order valence-electron chi connectivity index (χ3n) is 3.15. The Balaban J connectivity index is 0.00000256. The molecule has 0 unspecified atom stereocenters. The summed E-state index contributed by atoms with van der Waals surface area (Å²) in [5.41, 5.74) is -1.11. The van der Waals surface area contributed by atoms with E-state index in [-0.39, 0.29) is 35.5 Å². The van der Waals surface area contributed by atoms with Crippen LogP contribution >= 0.6 is 0 Å². The van der Waals surface area contributed by atoms with Gasteiger partial charge in [0.15, 0.2) is 0 Å². The van der Waals surface area contributed by atoms with Gasteiger partial charge in [0.1, 0.15) is 0 Å². The average molecular weight is 248 g/mol. The van der Waals surface area contributed by atoms with E-state index in [9.17, 15) is 14.7 Å². The van der Waals surface area contributed by atoms with Gasteiger partial charge >= 0.3 is 35.6 Å². The SMILES string of the molecule is CCCN1C(=O)N=C([O-])C(CC)(CC)C1=O.[Na+]. The first-order valence-corrected chi connectivity index (χ1v) is 5.65. The van der Waals surface area contributed by atoms with Crippen LogP contribution in [-0.4, -0.2) is 29.3 Å². The Morgan fingerprint density at radius 3 is 2.18 bits per heavy atom. The van der Waals surface area contributed by atoms with Gasteiger partial charge in [-0.05, 0) is 25.2 Å². The minimum atomic E-state index is -1.11. The predicted molar refractivity (Wildman–Crippen MR) is 57.9 cm³/mol. The molecule has 1 aliphatic rings. The van der Waals surface area contributed by atoms with Crippen molar-refractivity contribution in [2.45, 2.75) is 40.0 Å². The molecule has 0 radical (unpaired) electrons. The van der Waals surface area contributed by atoms with E-state index < -0.39 is 17.3 Å². The maximum absolute atomic E-state index is 12.1. The number of urea groups is 1. The molecule has 3 amide bonds. The number of nitrogens with zero attached hydrogens (tertiary/aromatic N) is 2. The summed E-state index contributed by atoms with van der Waals surface area (Å²) in [6, 6.07) is -0.714. The molecule has 90 valence electrons. The molecule has 0 N–H and O–H groups in total. The van der Waals surface area contributed by atoms with E-state index in [0.717, 1.165) is 4.90 Å². The molecule has 0 aromatic rings. The molecule has 0 aliphatic carbocycles. The molecule has 0 aromatic heterocycles. The van der Waals surface area contributed by atoms with Crippen LogP contribution in [0.15, 0.2) is 4.99 Å². The summed E-state index contributed by atoms with van der Waals surface area (Å²) < 4.78 is 0. The van der Waals surface area contributed by atoms with Gasteiger partial charge in [0.25, 0.3) is 0 Å². The van der Waals surface area contributed by atoms with Gasteiger partial charge in [-0.3, -0.25) is 9.69 Å².